The van der Waals surface area contributed by atoms with Gasteiger partial charge < -0.3 is 11.0 Å². The minimum Gasteiger partial charge on any atom is -0.870 e. The zero-order valence-corrected chi connectivity index (χ0v) is 6.38. The maximum Gasteiger partial charge on any atom is -0.870 e. The van der Waals surface area contributed by atoms with Crippen molar-refractivity contribution in [1.82, 2.24) is 0 Å². The number of rotatable bonds is 0. The molecule has 0 spiro atoms. The normalized spacial score (nSPS) is 2.00. The summed E-state index contributed by atoms with van der Waals surface area (Å²) in [6, 6.07) is 0. The van der Waals surface area contributed by atoms with Crippen LogP contribution in [-0.2, 0) is 0 Å². The molecule has 0 aromatic rings. The fourth-order valence-corrected chi connectivity index (χ4v) is 0. The Bertz CT molecular complexity index is 9.61. The minimum absolute atomic E-state index is 0. The molecule has 2 nitrogen and oxygen atoms in total. The summed E-state index contributed by atoms with van der Waals surface area (Å²) in [4.78, 5) is 2.06. The third-order valence-corrected chi connectivity index (χ3v) is 0. The summed E-state index contributed by atoms with van der Waals surface area (Å²) in [5, 5.41) is 0. The molecule has 0 fully saturated rings. The van der Waals surface area contributed by atoms with Crippen LogP contribution in [0.1, 0.15) is 0 Å². The molecule has 32 valence electrons. The van der Waals surface area contributed by atoms with Gasteiger partial charge in [-0.1, -0.05) is 0 Å². The maximum atomic E-state index is 5.17. The van der Waals surface area contributed by atoms with Gasteiger partial charge in [-0.25, -0.2) is 0 Å². The van der Waals surface area contributed by atoms with Crippen LogP contribution in [0.5, 0.6) is 0 Å². The smallest absolute Gasteiger partial charge is 0.870 e. The monoisotopic (exact) mass is 204 g/mol. The summed E-state index contributed by atoms with van der Waals surface area (Å²) in [5.41, 5.74) is 0. The Morgan fingerprint density at radius 3 is 1.40 bits per heavy atom. The van der Waals surface area contributed by atoms with Crippen molar-refractivity contribution in [2.45, 2.75) is 4.94 Å². The molecule has 0 amide bonds. The molecule has 2 N–H and O–H groups in total. The molecule has 0 rings (SSSR count). The van der Waals surface area contributed by atoms with E-state index in [9.17, 15) is 0 Å². The Hall–Kier alpha value is 1.01. The van der Waals surface area contributed by atoms with Crippen LogP contribution >= 0.6 is 8.92 Å². The molecule has 0 saturated carbocycles. The summed E-state index contributed by atoms with van der Waals surface area (Å²) in [6.07, 6.45) is 0. The number of halogens is 1. The molecule has 0 saturated heterocycles. The molecule has 0 aliphatic rings. The van der Waals surface area contributed by atoms with Crippen LogP contribution in [0.25, 0.3) is 0 Å². The Morgan fingerprint density at radius 2 is 1.40 bits per heavy atom. The molecule has 5 heavy (non-hydrogen) atoms. The third kappa shape index (κ3) is 44.6. The van der Waals surface area contributed by atoms with Gasteiger partial charge in [0, 0.05) is 0 Å². The molecule has 0 heterocycles. The van der Waals surface area contributed by atoms with Crippen molar-refractivity contribution in [3.63, 3.8) is 0 Å². The Kier molecular flexibility index (Phi) is 66.4. The van der Waals surface area contributed by atoms with Crippen LogP contribution in [0.15, 0.2) is 0 Å². The molecule has 4 heteroatoms. The summed E-state index contributed by atoms with van der Waals surface area (Å²) >= 11 is -0.298. The SMILES string of the molecule is [CH3][Sn+2][Cl].[OH-].[OH-]. The quantitative estimate of drug-likeness (QED) is 0.539. The number of hydrogen-bond donors (Lipinski definition) is 0. The second kappa shape index (κ2) is 19.9. The predicted octanol–water partition coefficient (Wildman–Crippen LogP) is 0.539. The molecular weight excluding hydrogens is 198 g/mol. The van der Waals surface area contributed by atoms with E-state index in [1.807, 2.05) is 0 Å². The largest absolute Gasteiger partial charge is 0.870 e. The van der Waals surface area contributed by atoms with E-state index in [4.69, 9.17) is 8.92 Å². The van der Waals surface area contributed by atoms with Gasteiger partial charge in [-0.15, -0.1) is 0 Å². The average Bonchev–Trinajstić information content (AvgIpc) is 0.918. The van der Waals surface area contributed by atoms with Crippen molar-refractivity contribution in [1.29, 1.82) is 0 Å². The maximum absolute atomic E-state index is 5.17. The van der Waals surface area contributed by atoms with Gasteiger partial charge in [0.1, 0.15) is 0 Å². The Morgan fingerprint density at radius 1 is 1.40 bits per heavy atom. The van der Waals surface area contributed by atoms with E-state index >= 15 is 0 Å². The van der Waals surface area contributed by atoms with Crippen LogP contribution in [0.4, 0.5) is 0 Å². The second-order valence-electron chi connectivity index (χ2n) is 0.189. The van der Waals surface area contributed by atoms with Crippen molar-refractivity contribution < 1.29 is 11.0 Å². The van der Waals surface area contributed by atoms with E-state index in [0.717, 1.165) is 0 Å². The van der Waals surface area contributed by atoms with Crippen molar-refractivity contribution in [2.75, 3.05) is 0 Å². The van der Waals surface area contributed by atoms with E-state index in [0.29, 0.717) is 0 Å². The summed E-state index contributed by atoms with van der Waals surface area (Å²) in [5.74, 6) is 0. The van der Waals surface area contributed by atoms with E-state index in [-0.39, 0.29) is 31.0 Å². The van der Waals surface area contributed by atoms with Crippen LogP contribution in [0, 0.1) is 0 Å². The Balaban J connectivity index is -0.0000000200. The fraction of sp³-hybridized carbons (Fsp3) is 1.00. The molecule has 0 aromatic heterocycles. The van der Waals surface area contributed by atoms with Crippen molar-refractivity contribution in [3.05, 3.63) is 0 Å². The van der Waals surface area contributed by atoms with E-state index in [1.54, 1.807) is 0 Å². The first-order valence-corrected chi connectivity index (χ1v) is 7.16. The number of hydrogen-bond acceptors (Lipinski definition) is 2. The first kappa shape index (κ1) is 16.7. The average molecular weight is 203 g/mol. The zero-order chi connectivity index (χ0) is 2.71. The van der Waals surface area contributed by atoms with Gasteiger partial charge in [-0.3, -0.25) is 0 Å². The molecule has 0 atom stereocenters. The van der Waals surface area contributed by atoms with Crippen LogP contribution in [0.2, 0.25) is 4.94 Å². The van der Waals surface area contributed by atoms with Crippen LogP contribution < -0.4 is 0 Å². The van der Waals surface area contributed by atoms with Gasteiger partial charge in [0.2, 0.25) is 0 Å². The molecule has 0 unspecified atom stereocenters. The van der Waals surface area contributed by atoms with E-state index < -0.39 is 0 Å². The van der Waals surface area contributed by atoms with Crippen LogP contribution in [-0.4, -0.2) is 31.0 Å². The van der Waals surface area contributed by atoms with Gasteiger partial charge >= 0.3 is 33.9 Å². The fourth-order valence-electron chi connectivity index (χ4n) is 0. The minimum atomic E-state index is -0.298. The third-order valence-electron chi connectivity index (χ3n) is 0. The van der Waals surface area contributed by atoms with Crippen LogP contribution in [0.3, 0.4) is 0 Å². The summed E-state index contributed by atoms with van der Waals surface area (Å²) in [6.45, 7) is 0. The van der Waals surface area contributed by atoms with Gasteiger partial charge in [0.15, 0.2) is 0 Å². The van der Waals surface area contributed by atoms with Gasteiger partial charge in [0.05, 0.1) is 0 Å². The van der Waals surface area contributed by atoms with Gasteiger partial charge in [-0.2, -0.15) is 0 Å². The first-order chi connectivity index (χ1) is 1.41. The second-order valence-corrected chi connectivity index (χ2v) is 3.80. The molecule has 0 radical (unpaired) electrons. The molecule has 0 aliphatic carbocycles. The first-order valence-electron chi connectivity index (χ1n) is 0.689. The van der Waals surface area contributed by atoms with E-state index in [1.165, 1.54) is 0 Å². The molecular formula is CH5ClO2Sn. The molecule has 0 aliphatic heterocycles. The van der Waals surface area contributed by atoms with Crippen molar-refractivity contribution >= 4 is 28.9 Å². The standard InChI is InChI=1S/CH3.ClH.2H2O.Sn/h1H3;1H;2*1H2;/q;;;;+3/p-3. The molecule has 0 aromatic carbocycles. The molecule has 0 bridgehead atoms. The predicted molar refractivity (Wildman–Crippen MR) is 21.3 cm³/mol. The van der Waals surface area contributed by atoms with Crippen molar-refractivity contribution in [2.24, 2.45) is 0 Å². The summed E-state index contributed by atoms with van der Waals surface area (Å²) in [7, 11) is 5.17. The van der Waals surface area contributed by atoms with E-state index in [2.05, 4.69) is 4.94 Å². The Labute approximate surface area is 45.1 Å². The van der Waals surface area contributed by atoms with Gasteiger partial charge in [-0.05, 0) is 0 Å². The van der Waals surface area contributed by atoms with Crippen molar-refractivity contribution in [3.8, 4) is 0 Å². The summed E-state index contributed by atoms with van der Waals surface area (Å²) < 4.78 is 0. The van der Waals surface area contributed by atoms with Gasteiger partial charge in [0.25, 0.3) is 0 Å². The zero-order valence-electron chi connectivity index (χ0n) is 2.77. The topological polar surface area (TPSA) is 60.0 Å².